The van der Waals surface area contributed by atoms with E-state index in [0.717, 1.165) is 17.0 Å². The van der Waals surface area contributed by atoms with Gasteiger partial charge in [0.15, 0.2) is 0 Å². The van der Waals surface area contributed by atoms with E-state index in [1.165, 1.54) is 4.88 Å². The SMILES string of the molecule is CCc1cnc(CN(C)C(=O)C(C)C(N)c2ccccc2)s1. The van der Waals surface area contributed by atoms with E-state index in [1.54, 1.807) is 16.2 Å². The van der Waals surface area contributed by atoms with Gasteiger partial charge in [-0.3, -0.25) is 4.79 Å². The van der Waals surface area contributed by atoms with Crippen molar-refractivity contribution in [1.29, 1.82) is 0 Å². The van der Waals surface area contributed by atoms with Gasteiger partial charge in [0.05, 0.1) is 12.5 Å². The lowest BCUT2D eigenvalue weighted by Crippen LogP contribution is -2.36. The largest absolute Gasteiger partial charge is 0.339 e. The summed E-state index contributed by atoms with van der Waals surface area (Å²) in [6.07, 6.45) is 2.86. The first-order valence-corrected chi connectivity index (χ1v) is 8.33. The van der Waals surface area contributed by atoms with Crippen molar-refractivity contribution in [2.75, 3.05) is 7.05 Å². The lowest BCUT2D eigenvalue weighted by Gasteiger charge is -2.25. The maximum Gasteiger partial charge on any atom is 0.227 e. The third-order valence-electron chi connectivity index (χ3n) is 3.81. The molecule has 2 aromatic rings. The van der Waals surface area contributed by atoms with Gasteiger partial charge in [-0.15, -0.1) is 11.3 Å². The molecule has 0 radical (unpaired) electrons. The van der Waals surface area contributed by atoms with Crippen LogP contribution in [0.4, 0.5) is 0 Å². The van der Waals surface area contributed by atoms with Crippen molar-refractivity contribution >= 4 is 17.2 Å². The minimum atomic E-state index is -0.293. The zero-order valence-corrected chi connectivity index (χ0v) is 14.1. The van der Waals surface area contributed by atoms with Gasteiger partial charge < -0.3 is 10.6 Å². The van der Waals surface area contributed by atoms with Crippen LogP contribution in [0.5, 0.6) is 0 Å². The molecule has 1 aromatic carbocycles. The zero-order chi connectivity index (χ0) is 16.1. The van der Waals surface area contributed by atoms with Crippen molar-refractivity contribution in [2.24, 2.45) is 11.7 Å². The average molecular weight is 317 g/mol. The molecule has 0 saturated carbocycles. The second-order valence-corrected chi connectivity index (χ2v) is 6.69. The van der Waals surface area contributed by atoms with E-state index in [2.05, 4.69) is 11.9 Å². The number of hydrogen-bond acceptors (Lipinski definition) is 4. The summed E-state index contributed by atoms with van der Waals surface area (Å²) in [4.78, 5) is 19.9. The van der Waals surface area contributed by atoms with Gasteiger partial charge in [-0.1, -0.05) is 44.2 Å². The second kappa shape index (κ2) is 7.51. The highest BCUT2D eigenvalue weighted by atomic mass is 32.1. The molecule has 22 heavy (non-hydrogen) atoms. The fraction of sp³-hybridized carbons (Fsp3) is 0.412. The van der Waals surface area contributed by atoms with Gasteiger partial charge in [0.2, 0.25) is 5.91 Å². The van der Waals surface area contributed by atoms with Gasteiger partial charge in [-0.05, 0) is 12.0 Å². The van der Waals surface area contributed by atoms with Crippen LogP contribution in [0, 0.1) is 5.92 Å². The van der Waals surface area contributed by atoms with Gasteiger partial charge in [-0.25, -0.2) is 4.98 Å². The Bertz CT molecular complexity index is 611. The Kier molecular flexibility index (Phi) is 5.69. The maximum atomic E-state index is 12.6. The molecule has 0 aliphatic rings. The standard InChI is InChI=1S/C17H23N3OS/c1-4-14-10-19-15(22-14)11-20(3)17(21)12(2)16(18)13-8-6-5-7-9-13/h5-10,12,16H,4,11,18H2,1-3H3. The van der Waals surface area contributed by atoms with Crippen LogP contribution in [0.25, 0.3) is 0 Å². The van der Waals surface area contributed by atoms with E-state index in [0.29, 0.717) is 6.54 Å². The van der Waals surface area contributed by atoms with Crippen molar-refractivity contribution in [1.82, 2.24) is 9.88 Å². The van der Waals surface area contributed by atoms with Crippen molar-refractivity contribution in [3.05, 3.63) is 52.0 Å². The van der Waals surface area contributed by atoms with E-state index in [1.807, 2.05) is 50.5 Å². The Hall–Kier alpha value is -1.72. The van der Waals surface area contributed by atoms with Crippen LogP contribution < -0.4 is 5.73 Å². The number of rotatable bonds is 6. The molecule has 0 bridgehead atoms. The molecule has 1 amide bonds. The fourth-order valence-corrected chi connectivity index (χ4v) is 3.25. The first-order valence-electron chi connectivity index (χ1n) is 7.52. The van der Waals surface area contributed by atoms with Gasteiger partial charge in [0.25, 0.3) is 0 Å². The molecule has 2 atom stereocenters. The zero-order valence-electron chi connectivity index (χ0n) is 13.3. The number of thiazole rings is 1. The molecule has 118 valence electrons. The molecule has 0 aliphatic carbocycles. The smallest absolute Gasteiger partial charge is 0.227 e. The lowest BCUT2D eigenvalue weighted by molar-refractivity contribution is -0.134. The summed E-state index contributed by atoms with van der Waals surface area (Å²) in [5.41, 5.74) is 7.22. The van der Waals surface area contributed by atoms with Gasteiger partial charge in [-0.2, -0.15) is 0 Å². The average Bonchev–Trinajstić information content (AvgIpc) is 3.01. The topological polar surface area (TPSA) is 59.2 Å². The number of aryl methyl sites for hydroxylation is 1. The van der Waals surface area contributed by atoms with Crippen LogP contribution in [-0.2, 0) is 17.8 Å². The number of benzene rings is 1. The molecule has 2 rings (SSSR count). The summed E-state index contributed by atoms with van der Waals surface area (Å²) in [5.74, 6) is -0.220. The predicted molar refractivity (Wildman–Crippen MR) is 90.5 cm³/mol. The normalized spacial score (nSPS) is 13.6. The molecular formula is C17H23N3OS. The summed E-state index contributed by atoms with van der Waals surface area (Å²) in [5, 5.41) is 0.966. The van der Waals surface area contributed by atoms with E-state index in [-0.39, 0.29) is 17.9 Å². The highest BCUT2D eigenvalue weighted by Crippen LogP contribution is 2.22. The van der Waals surface area contributed by atoms with Gasteiger partial charge >= 0.3 is 0 Å². The van der Waals surface area contributed by atoms with E-state index in [4.69, 9.17) is 5.73 Å². The third kappa shape index (κ3) is 3.93. The summed E-state index contributed by atoms with van der Waals surface area (Å²) in [6, 6.07) is 9.46. The van der Waals surface area contributed by atoms with Crippen molar-refractivity contribution in [3.8, 4) is 0 Å². The Labute approximate surface area is 136 Å². The first-order chi connectivity index (χ1) is 10.5. The van der Waals surface area contributed by atoms with Crippen molar-refractivity contribution in [3.63, 3.8) is 0 Å². The minimum absolute atomic E-state index is 0.0459. The van der Waals surface area contributed by atoms with Crippen LogP contribution >= 0.6 is 11.3 Å². The number of amides is 1. The molecule has 0 spiro atoms. The monoisotopic (exact) mass is 317 g/mol. The molecular weight excluding hydrogens is 294 g/mol. The first kappa shape index (κ1) is 16.6. The molecule has 0 fully saturated rings. The third-order valence-corrected chi connectivity index (χ3v) is 4.94. The minimum Gasteiger partial charge on any atom is -0.339 e. The Balaban J connectivity index is 2.00. The molecule has 5 heteroatoms. The predicted octanol–water partition coefficient (Wildman–Crippen LogP) is 3.00. The Morgan fingerprint density at radius 2 is 2.05 bits per heavy atom. The maximum absolute atomic E-state index is 12.6. The number of hydrogen-bond donors (Lipinski definition) is 1. The molecule has 0 saturated heterocycles. The van der Waals surface area contributed by atoms with Crippen LogP contribution in [0.3, 0.4) is 0 Å². The van der Waals surface area contributed by atoms with Crippen LogP contribution in [0.1, 0.15) is 35.3 Å². The quantitative estimate of drug-likeness (QED) is 0.891. The highest BCUT2D eigenvalue weighted by molar-refractivity contribution is 7.11. The number of nitrogens with zero attached hydrogens (tertiary/aromatic N) is 2. The summed E-state index contributed by atoms with van der Waals surface area (Å²) in [6.45, 7) is 4.53. The molecule has 0 aliphatic heterocycles. The Morgan fingerprint density at radius 3 is 2.64 bits per heavy atom. The molecule has 2 N–H and O–H groups in total. The van der Waals surface area contributed by atoms with Crippen molar-refractivity contribution in [2.45, 2.75) is 32.9 Å². The lowest BCUT2D eigenvalue weighted by atomic mass is 9.94. The van der Waals surface area contributed by atoms with E-state index < -0.39 is 0 Å². The molecule has 4 nitrogen and oxygen atoms in total. The number of aromatic nitrogens is 1. The number of carbonyl (C=O) groups is 1. The van der Waals surface area contributed by atoms with Crippen molar-refractivity contribution < 1.29 is 4.79 Å². The summed E-state index contributed by atoms with van der Waals surface area (Å²) >= 11 is 1.66. The summed E-state index contributed by atoms with van der Waals surface area (Å²) in [7, 11) is 1.81. The summed E-state index contributed by atoms with van der Waals surface area (Å²) < 4.78 is 0. The van der Waals surface area contributed by atoms with Gasteiger partial charge in [0, 0.05) is 24.2 Å². The second-order valence-electron chi connectivity index (χ2n) is 5.49. The van der Waals surface area contributed by atoms with E-state index >= 15 is 0 Å². The van der Waals surface area contributed by atoms with Gasteiger partial charge in [0.1, 0.15) is 5.01 Å². The highest BCUT2D eigenvalue weighted by Gasteiger charge is 2.25. The van der Waals surface area contributed by atoms with Crippen LogP contribution in [0.2, 0.25) is 0 Å². The van der Waals surface area contributed by atoms with E-state index in [9.17, 15) is 4.79 Å². The fourth-order valence-electron chi connectivity index (χ4n) is 2.33. The molecule has 2 unspecified atom stereocenters. The number of nitrogens with two attached hydrogens (primary N) is 1. The Morgan fingerprint density at radius 1 is 1.36 bits per heavy atom. The van der Waals surface area contributed by atoms with Crippen LogP contribution in [-0.4, -0.2) is 22.8 Å². The van der Waals surface area contributed by atoms with Crippen LogP contribution in [0.15, 0.2) is 36.5 Å². The molecule has 1 heterocycles. The number of carbonyl (C=O) groups excluding carboxylic acids is 1. The molecule has 1 aromatic heterocycles.